The molecule has 0 saturated carbocycles. The van der Waals surface area contributed by atoms with Crippen LogP contribution in [-0.2, 0) is 16.4 Å². The number of hydrogen-bond donors (Lipinski definition) is 1. The fourth-order valence-corrected chi connectivity index (χ4v) is 4.59. The van der Waals surface area contributed by atoms with Crippen molar-refractivity contribution in [2.75, 3.05) is 13.1 Å². The van der Waals surface area contributed by atoms with Crippen molar-refractivity contribution in [2.24, 2.45) is 5.73 Å². The summed E-state index contributed by atoms with van der Waals surface area (Å²) in [4.78, 5) is 4.27. The Kier molecular flexibility index (Phi) is 5.61. The van der Waals surface area contributed by atoms with Crippen molar-refractivity contribution in [3.63, 3.8) is 0 Å². The van der Waals surface area contributed by atoms with Crippen molar-refractivity contribution in [2.45, 2.75) is 43.5 Å². The highest BCUT2D eigenvalue weighted by atomic mass is 35.5. The predicted octanol–water partition coefficient (Wildman–Crippen LogP) is 1.71. The third kappa shape index (κ3) is 3.21. The summed E-state index contributed by atoms with van der Waals surface area (Å²) in [6.07, 6.45) is 4.67. The van der Waals surface area contributed by atoms with Crippen LogP contribution in [0.1, 0.15) is 31.9 Å². The fourth-order valence-electron chi connectivity index (χ4n) is 2.92. The van der Waals surface area contributed by atoms with Gasteiger partial charge in [-0.2, -0.15) is 4.31 Å². The minimum absolute atomic E-state index is 0. The molecule has 1 aliphatic heterocycles. The number of piperidine rings is 1. The molecule has 1 atom stereocenters. The molecular formula is C14H21ClN4O3S. The number of fused-ring (bicyclic) bond motifs is 1. The lowest BCUT2D eigenvalue weighted by molar-refractivity contribution is 0.257. The molecule has 0 bridgehead atoms. The number of sulfonamides is 1. The largest absolute Gasteiger partial charge is 0.336 e. The molecule has 0 amide bonds. The van der Waals surface area contributed by atoms with E-state index in [-0.39, 0.29) is 23.3 Å². The second-order valence-electron chi connectivity index (χ2n) is 5.51. The molecule has 1 saturated heterocycles. The zero-order valence-corrected chi connectivity index (χ0v) is 14.6. The van der Waals surface area contributed by atoms with Gasteiger partial charge in [-0.3, -0.25) is 0 Å². The summed E-state index contributed by atoms with van der Waals surface area (Å²) in [5.41, 5.74) is 6.82. The quantitative estimate of drug-likeness (QED) is 0.890. The van der Waals surface area contributed by atoms with Crippen LogP contribution in [0.3, 0.4) is 0 Å². The van der Waals surface area contributed by atoms with Crippen molar-refractivity contribution >= 4 is 33.5 Å². The van der Waals surface area contributed by atoms with Gasteiger partial charge in [0.15, 0.2) is 0 Å². The Morgan fingerprint density at radius 1 is 1.43 bits per heavy atom. The molecule has 0 aliphatic carbocycles. The van der Waals surface area contributed by atoms with Crippen LogP contribution in [0.15, 0.2) is 21.7 Å². The molecule has 9 heteroatoms. The van der Waals surface area contributed by atoms with Crippen molar-refractivity contribution < 1.29 is 12.9 Å². The Labute approximate surface area is 141 Å². The molecule has 1 unspecified atom stereocenters. The lowest BCUT2D eigenvalue weighted by Gasteiger charge is -2.33. The molecular weight excluding hydrogens is 340 g/mol. The van der Waals surface area contributed by atoms with E-state index in [9.17, 15) is 8.42 Å². The number of aromatic nitrogens is 2. The monoisotopic (exact) mass is 360 g/mol. The summed E-state index contributed by atoms with van der Waals surface area (Å²) >= 11 is 0. The van der Waals surface area contributed by atoms with Crippen molar-refractivity contribution in [1.82, 2.24) is 14.4 Å². The number of hydrogen-bond acceptors (Lipinski definition) is 6. The molecule has 3 heterocycles. The van der Waals surface area contributed by atoms with Gasteiger partial charge in [-0.1, -0.05) is 18.5 Å². The van der Waals surface area contributed by atoms with Crippen LogP contribution in [0.25, 0.3) is 11.1 Å². The third-order valence-electron chi connectivity index (χ3n) is 4.17. The first kappa shape index (κ1) is 18.1. The summed E-state index contributed by atoms with van der Waals surface area (Å²) in [5, 5.41) is 4.57. The van der Waals surface area contributed by atoms with Gasteiger partial charge in [0, 0.05) is 19.1 Å². The maximum Gasteiger partial charge on any atom is 0.258 e. The van der Waals surface area contributed by atoms with Crippen LogP contribution in [-0.4, -0.2) is 42.0 Å². The number of pyridine rings is 1. The van der Waals surface area contributed by atoms with Gasteiger partial charge in [0.2, 0.25) is 10.0 Å². The molecule has 0 aromatic carbocycles. The molecule has 7 nitrogen and oxygen atoms in total. The van der Waals surface area contributed by atoms with Crippen LogP contribution >= 0.6 is 12.4 Å². The maximum absolute atomic E-state index is 12.9. The smallest absolute Gasteiger partial charge is 0.258 e. The van der Waals surface area contributed by atoms with E-state index in [1.165, 1.54) is 10.5 Å². The van der Waals surface area contributed by atoms with E-state index >= 15 is 0 Å². The summed E-state index contributed by atoms with van der Waals surface area (Å²) < 4.78 is 32.4. The average molecular weight is 361 g/mol. The van der Waals surface area contributed by atoms with Crippen molar-refractivity contribution in [1.29, 1.82) is 0 Å². The van der Waals surface area contributed by atoms with Gasteiger partial charge >= 0.3 is 0 Å². The van der Waals surface area contributed by atoms with Crippen LogP contribution in [0.5, 0.6) is 0 Å². The van der Waals surface area contributed by atoms with E-state index in [1.807, 2.05) is 6.92 Å². The first-order valence-electron chi connectivity index (χ1n) is 7.54. The van der Waals surface area contributed by atoms with Gasteiger partial charge in [-0.15, -0.1) is 12.4 Å². The standard InChI is InChI=1S/C14H20N4O3S.ClH/c1-2-13-12-7-11(9-16-14(12)21-17-13)22(19,20)18-6-4-3-5-10(18)8-15;/h7,9-10H,2-6,8,15H2,1H3;1H. The van der Waals surface area contributed by atoms with Crippen molar-refractivity contribution in [3.8, 4) is 0 Å². The zero-order chi connectivity index (χ0) is 15.7. The first-order chi connectivity index (χ1) is 10.6. The third-order valence-corrected chi connectivity index (χ3v) is 6.08. The molecule has 3 rings (SSSR count). The van der Waals surface area contributed by atoms with Crippen LogP contribution in [0.2, 0.25) is 0 Å². The van der Waals surface area contributed by atoms with E-state index in [1.54, 1.807) is 6.07 Å². The predicted molar refractivity (Wildman–Crippen MR) is 89.0 cm³/mol. The molecule has 2 aromatic heterocycles. The first-order valence-corrected chi connectivity index (χ1v) is 8.98. The molecule has 23 heavy (non-hydrogen) atoms. The molecule has 2 N–H and O–H groups in total. The van der Waals surface area contributed by atoms with Gasteiger partial charge < -0.3 is 10.3 Å². The topological polar surface area (TPSA) is 102 Å². The van der Waals surface area contributed by atoms with E-state index in [0.29, 0.717) is 36.3 Å². The number of nitrogens with zero attached hydrogens (tertiary/aromatic N) is 3. The molecule has 128 valence electrons. The Morgan fingerprint density at radius 2 is 2.22 bits per heavy atom. The minimum atomic E-state index is -3.60. The second kappa shape index (κ2) is 7.12. The Hall–Kier alpha value is -1.22. The number of halogens is 1. The number of nitrogens with two attached hydrogens (primary N) is 1. The van der Waals surface area contributed by atoms with E-state index < -0.39 is 10.0 Å². The minimum Gasteiger partial charge on any atom is -0.336 e. The lowest BCUT2D eigenvalue weighted by Crippen LogP contribution is -2.47. The molecule has 0 spiro atoms. The highest BCUT2D eigenvalue weighted by Gasteiger charge is 2.33. The number of aryl methyl sites for hydroxylation is 1. The highest BCUT2D eigenvalue weighted by Crippen LogP contribution is 2.27. The maximum atomic E-state index is 12.9. The van der Waals surface area contributed by atoms with Gasteiger partial charge in [-0.05, 0) is 25.3 Å². The van der Waals surface area contributed by atoms with Crippen LogP contribution < -0.4 is 5.73 Å². The summed E-state index contributed by atoms with van der Waals surface area (Å²) in [6, 6.07) is 1.47. The zero-order valence-electron chi connectivity index (χ0n) is 12.9. The summed E-state index contributed by atoms with van der Waals surface area (Å²) in [7, 11) is -3.60. The molecule has 2 aromatic rings. The Bertz CT molecular complexity index is 777. The number of rotatable bonds is 4. The van der Waals surface area contributed by atoms with E-state index in [2.05, 4.69) is 10.1 Å². The van der Waals surface area contributed by atoms with Gasteiger partial charge in [-0.25, -0.2) is 13.4 Å². The SMILES string of the molecule is CCc1noc2ncc(S(=O)(=O)N3CCCCC3CN)cc12.Cl. The summed E-state index contributed by atoms with van der Waals surface area (Å²) in [6.45, 7) is 2.78. The Morgan fingerprint density at radius 3 is 2.91 bits per heavy atom. The van der Waals surface area contributed by atoms with Crippen LogP contribution in [0.4, 0.5) is 0 Å². The van der Waals surface area contributed by atoms with Gasteiger partial charge in [0.05, 0.1) is 17.3 Å². The van der Waals surface area contributed by atoms with Crippen molar-refractivity contribution in [3.05, 3.63) is 18.0 Å². The van der Waals surface area contributed by atoms with Crippen LogP contribution in [0, 0.1) is 0 Å². The molecule has 0 radical (unpaired) electrons. The fraction of sp³-hybridized carbons (Fsp3) is 0.571. The second-order valence-corrected chi connectivity index (χ2v) is 7.40. The lowest BCUT2D eigenvalue weighted by atomic mass is 10.1. The van der Waals surface area contributed by atoms with E-state index in [0.717, 1.165) is 19.3 Å². The normalized spacial score (nSPS) is 19.7. The molecule has 1 aliphatic rings. The van der Waals surface area contributed by atoms with Gasteiger partial charge in [0.25, 0.3) is 5.71 Å². The molecule has 1 fully saturated rings. The summed E-state index contributed by atoms with van der Waals surface area (Å²) in [5.74, 6) is 0. The highest BCUT2D eigenvalue weighted by molar-refractivity contribution is 7.89. The average Bonchev–Trinajstić information content (AvgIpc) is 2.97. The van der Waals surface area contributed by atoms with Gasteiger partial charge in [0.1, 0.15) is 4.90 Å². The Balaban J connectivity index is 0.00000192. The van der Waals surface area contributed by atoms with E-state index in [4.69, 9.17) is 10.3 Å².